The largest absolute Gasteiger partial charge is 0.445 e. The van der Waals surface area contributed by atoms with Crippen molar-refractivity contribution in [3.63, 3.8) is 0 Å². The Hall–Kier alpha value is -4.60. The van der Waals surface area contributed by atoms with Gasteiger partial charge in [-0.05, 0) is 34.7 Å². The van der Waals surface area contributed by atoms with Crippen molar-refractivity contribution in [2.24, 2.45) is 17.3 Å². The number of rotatable bonds is 10. The Bertz CT molecular complexity index is 1710. The quantitative estimate of drug-likeness (QED) is 0.171. The van der Waals surface area contributed by atoms with Crippen LogP contribution in [0.4, 0.5) is 18.0 Å². The molecule has 48 heavy (non-hydrogen) atoms. The molecule has 0 unspecified atom stereocenters. The normalized spacial score (nSPS) is 17.1. The minimum atomic E-state index is -1.41. The topological polar surface area (TPSA) is 75.9 Å². The van der Waals surface area contributed by atoms with Gasteiger partial charge in [0.05, 0.1) is 18.2 Å². The van der Waals surface area contributed by atoms with Gasteiger partial charge in [-0.3, -0.25) is 4.79 Å². The van der Waals surface area contributed by atoms with Crippen molar-refractivity contribution in [1.29, 1.82) is 0 Å². The van der Waals surface area contributed by atoms with E-state index in [0.717, 1.165) is 29.3 Å². The Morgan fingerprint density at radius 3 is 2.25 bits per heavy atom. The molecular formula is C38H42F3N3O4. The second kappa shape index (κ2) is 14.7. The highest BCUT2D eigenvalue weighted by Crippen LogP contribution is 2.43. The minimum absolute atomic E-state index is 0.0100. The van der Waals surface area contributed by atoms with E-state index in [1.54, 1.807) is 18.7 Å². The predicted octanol–water partition coefficient (Wildman–Crippen LogP) is 8.39. The Kier molecular flexibility index (Phi) is 10.6. The van der Waals surface area contributed by atoms with E-state index in [9.17, 15) is 14.0 Å². The molecule has 3 aromatic carbocycles. The number of amides is 2. The summed E-state index contributed by atoms with van der Waals surface area (Å²) >= 11 is 0. The number of hydrogen-bond donors (Lipinski definition) is 0. The monoisotopic (exact) mass is 661 g/mol. The first kappa shape index (κ1) is 34.7. The molecule has 2 heterocycles. The highest BCUT2D eigenvalue weighted by atomic mass is 19.1. The van der Waals surface area contributed by atoms with Crippen LogP contribution >= 0.6 is 0 Å². The van der Waals surface area contributed by atoms with Crippen LogP contribution in [-0.2, 0) is 22.6 Å². The number of likely N-dealkylation sites (tertiary alicyclic amines) is 1. The minimum Gasteiger partial charge on any atom is -0.445 e. The first-order chi connectivity index (χ1) is 22.8. The van der Waals surface area contributed by atoms with E-state index in [0.29, 0.717) is 11.5 Å². The van der Waals surface area contributed by atoms with Crippen molar-refractivity contribution >= 4 is 12.0 Å². The van der Waals surface area contributed by atoms with E-state index >= 15 is 8.78 Å². The van der Waals surface area contributed by atoms with Crippen LogP contribution in [0.3, 0.4) is 0 Å². The summed E-state index contributed by atoms with van der Waals surface area (Å²) in [6.07, 6.45) is -1.76. The fourth-order valence-corrected chi connectivity index (χ4v) is 6.16. The second-order valence-electron chi connectivity index (χ2n) is 13.7. The zero-order valence-corrected chi connectivity index (χ0v) is 28.0. The van der Waals surface area contributed by atoms with Gasteiger partial charge in [-0.25, -0.2) is 22.9 Å². The summed E-state index contributed by atoms with van der Waals surface area (Å²) in [5.41, 5.74) is 1.28. The third kappa shape index (κ3) is 8.09. The third-order valence-electron chi connectivity index (χ3n) is 8.52. The SMILES string of the molecule is CC(C)C(=O)N(C[C@@H]1CN(C(=O)OCc2ccccc2)C[C@@H]1F)[C@@H](c1nc(-c2cc(F)ccc2F)oc1Cc1ccccc1)C(C)(C)C. The third-order valence-corrected chi connectivity index (χ3v) is 8.52. The zero-order valence-electron chi connectivity index (χ0n) is 28.0. The van der Waals surface area contributed by atoms with Crippen LogP contribution in [-0.4, -0.2) is 52.6 Å². The molecule has 2 amide bonds. The number of hydrogen-bond acceptors (Lipinski definition) is 5. The number of oxazole rings is 1. The summed E-state index contributed by atoms with van der Waals surface area (Å²) in [5.74, 6) is -2.48. The summed E-state index contributed by atoms with van der Waals surface area (Å²) < 4.78 is 56.7. The first-order valence-corrected chi connectivity index (χ1v) is 16.2. The standard InChI is InChI=1S/C38H42F3N3O4/c1-24(2)36(45)44(21-27-20-43(22-31(27)41)37(46)47-23-26-14-10-7-11-15-26)34(38(3,4)5)33-32(18-25-12-8-6-9-13-25)48-35(42-33)29-19-28(39)16-17-30(29)40/h6-17,19,24,27,31,34H,18,20-23H2,1-5H3/t27-,31-,34-/m0/s1. The number of nitrogens with zero attached hydrogens (tertiary/aromatic N) is 3. The van der Waals surface area contributed by atoms with Crippen molar-refractivity contribution in [1.82, 2.24) is 14.8 Å². The molecule has 1 aliphatic heterocycles. The lowest BCUT2D eigenvalue weighted by Crippen LogP contribution is -2.47. The van der Waals surface area contributed by atoms with Gasteiger partial charge in [-0.2, -0.15) is 0 Å². The molecule has 0 spiro atoms. The lowest BCUT2D eigenvalue weighted by atomic mass is 9.81. The van der Waals surface area contributed by atoms with Crippen LogP contribution in [0.25, 0.3) is 11.5 Å². The fraction of sp³-hybridized carbons (Fsp3) is 0.395. The molecule has 1 aromatic heterocycles. The summed E-state index contributed by atoms with van der Waals surface area (Å²) in [4.78, 5) is 34.7. The van der Waals surface area contributed by atoms with Crippen LogP contribution in [0.2, 0.25) is 0 Å². The molecular weight excluding hydrogens is 619 g/mol. The molecule has 0 radical (unpaired) electrons. The number of carbonyl (C=O) groups excluding carboxylic acids is 2. The van der Waals surface area contributed by atoms with Gasteiger partial charge in [0.15, 0.2) is 0 Å². The summed E-state index contributed by atoms with van der Waals surface area (Å²) in [6, 6.07) is 21.0. The molecule has 4 aromatic rings. The molecule has 1 saturated heterocycles. The predicted molar refractivity (Wildman–Crippen MR) is 176 cm³/mol. The van der Waals surface area contributed by atoms with Crippen molar-refractivity contribution in [2.75, 3.05) is 19.6 Å². The maximum Gasteiger partial charge on any atom is 0.410 e. The van der Waals surface area contributed by atoms with Gasteiger partial charge in [0.2, 0.25) is 11.8 Å². The number of alkyl halides is 1. The van der Waals surface area contributed by atoms with Crippen molar-refractivity contribution in [2.45, 2.75) is 59.9 Å². The molecule has 0 saturated carbocycles. The number of benzene rings is 3. The van der Waals surface area contributed by atoms with Crippen LogP contribution in [0.5, 0.6) is 0 Å². The van der Waals surface area contributed by atoms with Gasteiger partial charge in [-0.15, -0.1) is 0 Å². The fourth-order valence-electron chi connectivity index (χ4n) is 6.16. The van der Waals surface area contributed by atoms with Gasteiger partial charge < -0.3 is 19.0 Å². The van der Waals surface area contributed by atoms with Crippen LogP contribution in [0.1, 0.15) is 63.2 Å². The lowest BCUT2D eigenvalue weighted by molar-refractivity contribution is -0.141. The van der Waals surface area contributed by atoms with Gasteiger partial charge in [0.1, 0.15) is 35.9 Å². The van der Waals surface area contributed by atoms with Crippen molar-refractivity contribution in [3.05, 3.63) is 113 Å². The number of aromatic nitrogens is 1. The number of ether oxygens (including phenoxy) is 1. The van der Waals surface area contributed by atoms with Crippen molar-refractivity contribution in [3.8, 4) is 11.5 Å². The Balaban J connectivity index is 1.50. The first-order valence-electron chi connectivity index (χ1n) is 16.2. The highest BCUT2D eigenvalue weighted by Gasteiger charge is 2.44. The molecule has 254 valence electrons. The van der Waals surface area contributed by atoms with E-state index in [2.05, 4.69) is 0 Å². The second-order valence-corrected chi connectivity index (χ2v) is 13.7. The van der Waals surface area contributed by atoms with Gasteiger partial charge >= 0.3 is 6.09 Å². The van der Waals surface area contributed by atoms with E-state index in [1.807, 2.05) is 81.4 Å². The average molecular weight is 662 g/mol. The molecule has 7 nitrogen and oxygen atoms in total. The Morgan fingerprint density at radius 1 is 0.979 bits per heavy atom. The summed E-state index contributed by atoms with van der Waals surface area (Å²) in [5, 5.41) is 0. The van der Waals surface area contributed by atoms with E-state index in [-0.39, 0.29) is 50.0 Å². The molecule has 0 N–H and O–H groups in total. The van der Waals surface area contributed by atoms with E-state index in [1.165, 1.54) is 4.90 Å². The Labute approximate surface area is 279 Å². The van der Waals surface area contributed by atoms with E-state index in [4.69, 9.17) is 14.1 Å². The van der Waals surface area contributed by atoms with Gasteiger partial charge in [0, 0.05) is 31.3 Å². The average Bonchev–Trinajstić information content (AvgIpc) is 3.63. The molecule has 3 atom stereocenters. The van der Waals surface area contributed by atoms with Gasteiger partial charge in [0.25, 0.3) is 0 Å². The van der Waals surface area contributed by atoms with Crippen LogP contribution in [0, 0.1) is 28.9 Å². The molecule has 1 fully saturated rings. The smallest absolute Gasteiger partial charge is 0.410 e. The number of halogens is 3. The summed E-state index contributed by atoms with van der Waals surface area (Å²) in [6.45, 7) is 9.31. The molecule has 5 rings (SSSR count). The van der Waals surface area contributed by atoms with Crippen LogP contribution < -0.4 is 0 Å². The molecule has 10 heteroatoms. The molecule has 0 bridgehead atoms. The maximum absolute atomic E-state index is 15.7. The zero-order chi connectivity index (χ0) is 34.6. The van der Waals surface area contributed by atoms with Crippen LogP contribution in [0.15, 0.2) is 83.3 Å². The Morgan fingerprint density at radius 2 is 1.62 bits per heavy atom. The lowest BCUT2D eigenvalue weighted by Gasteiger charge is -2.41. The molecule has 0 aliphatic carbocycles. The maximum atomic E-state index is 15.7. The van der Waals surface area contributed by atoms with Gasteiger partial charge in [-0.1, -0.05) is 95.3 Å². The number of carbonyl (C=O) groups is 2. The highest BCUT2D eigenvalue weighted by molar-refractivity contribution is 5.79. The summed E-state index contributed by atoms with van der Waals surface area (Å²) in [7, 11) is 0. The molecule has 1 aliphatic rings. The van der Waals surface area contributed by atoms with E-state index < -0.39 is 47.2 Å². The van der Waals surface area contributed by atoms with Crippen molar-refractivity contribution < 1.29 is 31.9 Å².